The van der Waals surface area contributed by atoms with Gasteiger partial charge >= 0.3 is 0 Å². The zero-order valence-electron chi connectivity index (χ0n) is 12.2. The third kappa shape index (κ3) is 3.72. The zero-order chi connectivity index (χ0) is 14.5. The maximum Gasteiger partial charge on any atom is 0.175 e. The molecule has 6 nitrogen and oxygen atoms in total. The number of ether oxygens (including phenoxy) is 2. The van der Waals surface area contributed by atoms with Crippen LogP contribution in [-0.4, -0.2) is 44.8 Å². The highest BCUT2D eigenvalue weighted by Gasteiger charge is 2.14. The van der Waals surface area contributed by atoms with Crippen LogP contribution in [-0.2, 0) is 15.9 Å². The molecule has 0 aliphatic carbocycles. The van der Waals surface area contributed by atoms with Gasteiger partial charge in [0.05, 0.1) is 6.61 Å². The van der Waals surface area contributed by atoms with Crippen molar-refractivity contribution in [3.05, 3.63) is 18.1 Å². The molecule has 1 atom stereocenters. The van der Waals surface area contributed by atoms with Crippen molar-refractivity contribution in [1.82, 2.24) is 19.6 Å². The standard InChI is InChI=1S/C14H20N4O2S/c1-2-11-9-12-17-15-10-18(12)14(16-11)21-8-7-20-13-5-3-4-6-19-13/h9-10,13H,2-8H2,1H3. The van der Waals surface area contributed by atoms with Crippen molar-refractivity contribution in [1.29, 1.82) is 0 Å². The van der Waals surface area contributed by atoms with Crippen LogP contribution in [0.1, 0.15) is 31.9 Å². The third-order valence-corrected chi connectivity index (χ3v) is 4.35. The van der Waals surface area contributed by atoms with Crippen LogP contribution in [0.3, 0.4) is 0 Å². The molecule has 0 spiro atoms. The Labute approximate surface area is 128 Å². The molecule has 114 valence electrons. The van der Waals surface area contributed by atoms with E-state index >= 15 is 0 Å². The van der Waals surface area contributed by atoms with Gasteiger partial charge < -0.3 is 9.47 Å². The lowest BCUT2D eigenvalue weighted by Crippen LogP contribution is -2.23. The number of fused-ring (bicyclic) bond motifs is 1. The van der Waals surface area contributed by atoms with Gasteiger partial charge in [0.25, 0.3) is 0 Å². The topological polar surface area (TPSA) is 61.5 Å². The highest BCUT2D eigenvalue weighted by molar-refractivity contribution is 7.99. The molecule has 0 radical (unpaired) electrons. The van der Waals surface area contributed by atoms with Crippen molar-refractivity contribution < 1.29 is 9.47 Å². The molecule has 7 heteroatoms. The second kappa shape index (κ2) is 7.20. The van der Waals surface area contributed by atoms with E-state index in [9.17, 15) is 0 Å². The molecule has 1 saturated heterocycles. The normalized spacial score (nSPS) is 19.2. The molecule has 0 aromatic carbocycles. The van der Waals surface area contributed by atoms with Crippen LogP contribution in [0.25, 0.3) is 5.65 Å². The lowest BCUT2D eigenvalue weighted by Gasteiger charge is -2.22. The van der Waals surface area contributed by atoms with Crippen molar-refractivity contribution in [3.63, 3.8) is 0 Å². The van der Waals surface area contributed by atoms with E-state index in [0.717, 1.165) is 48.1 Å². The van der Waals surface area contributed by atoms with Gasteiger partial charge in [-0.25, -0.2) is 4.98 Å². The van der Waals surface area contributed by atoms with Gasteiger partial charge in [0.2, 0.25) is 0 Å². The van der Waals surface area contributed by atoms with Gasteiger partial charge in [-0.1, -0.05) is 18.7 Å². The minimum atomic E-state index is -0.0239. The first kappa shape index (κ1) is 14.7. The summed E-state index contributed by atoms with van der Waals surface area (Å²) in [6.07, 6.45) is 5.92. The van der Waals surface area contributed by atoms with Crippen LogP contribution in [0.5, 0.6) is 0 Å². The monoisotopic (exact) mass is 308 g/mol. The average Bonchev–Trinajstić information content (AvgIpc) is 3.00. The van der Waals surface area contributed by atoms with Gasteiger partial charge in [-0.05, 0) is 25.7 Å². The van der Waals surface area contributed by atoms with E-state index in [2.05, 4.69) is 22.1 Å². The molecule has 0 N–H and O–H groups in total. The van der Waals surface area contributed by atoms with Crippen LogP contribution in [0, 0.1) is 0 Å². The average molecular weight is 308 g/mol. The minimum absolute atomic E-state index is 0.0239. The summed E-state index contributed by atoms with van der Waals surface area (Å²) in [5, 5.41) is 8.96. The molecule has 2 aromatic heterocycles. The first-order valence-electron chi connectivity index (χ1n) is 7.42. The predicted octanol–water partition coefficient (Wildman–Crippen LogP) is 2.32. The fourth-order valence-corrected chi connectivity index (χ4v) is 3.11. The number of aromatic nitrogens is 4. The van der Waals surface area contributed by atoms with Gasteiger partial charge in [-0.2, -0.15) is 0 Å². The van der Waals surface area contributed by atoms with E-state index in [1.54, 1.807) is 18.1 Å². The first-order valence-corrected chi connectivity index (χ1v) is 8.41. The Balaban J connectivity index is 1.55. The number of aryl methyl sites for hydroxylation is 1. The smallest absolute Gasteiger partial charge is 0.175 e. The van der Waals surface area contributed by atoms with Gasteiger partial charge in [0.15, 0.2) is 17.1 Å². The first-order chi connectivity index (χ1) is 10.4. The molecule has 1 aliphatic rings. The molecule has 0 saturated carbocycles. The van der Waals surface area contributed by atoms with E-state index in [1.165, 1.54) is 6.42 Å². The Morgan fingerprint density at radius 2 is 2.43 bits per heavy atom. The Kier molecular flexibility index (Phi) is 5.05. The number of thioether (sulfide) groups is 1. The number of hydrogen-bond acceptors (Lipinski definition) is 6. The maximum absolute atomic E-state index is 5.74. The van der Waals surface area contributed by atoms with Gasteiger partial charge in [-0.15, -0.1) is 10.2 Å². The number of rotatable bonds is 6. The maximum atomic E-state index is 5.74. The van der Waals surface area contributed by atoms with Crippen LogP contribution in [0.15, 0.2) is 17.6 Å². The van der Waals surface area contributed by atoms with Crippen molar-refractivity contribution >= 4 is 17.4 Å². The van der Waals surface area contributed by atoms with Gasteiger partial charge in [0.1, 0.15) is 6.33 Å². The summed E-state index contributed by atoms with van der Waals surface area (Å²) in [6.45, 7) is 3.57. The Morgan fingerprint density at radius 1 is 1.48 bits per heavy atom. The fourth-order valence-electron chi connectivity index (χ4n) is 2.29. The molecule has 1 unspecified atom stereocenters. The molecular formula is C14H20N4O2S. The molecular weight excluding hydrogens is 288 g/mol. The number of hydrogen-bond donors (Lipinski definition) is 0. The van der Waals surface area contributed by atoms with E-state index in [4.69, 9.17) is 9.47 Å². The molecule has 1 aliphatic heterocycles. The minimum Gasteiger partial charge on any atom is -0.353 e. The van der Waals surface area contributed by atoms with Crippen LogP contribution >= 0.6 is 11.8 Å². The van der Waals surface area contributed by atoms with Gasteiger partial charge in [-0.3, -0.25) is 4.40 Å². The lowest BCUT2D eigenvalue weighted by atomic mass is 10.2. The second-order valence-electron chi connectivity index (χ2n) is 4.96. The summed E-state index contributed by atoms with van der Waals surface area (Å²) in [6, 6.07) is 1.98. The predicted molar refractivity (Wildman–Crippen MR) is 80.4 cm³/mol. The summed E-state index contributed by atoms with van der Waals surface area (Å²) in [5.41, 5.74) is 1.88. The zero-order valence-corrected chi connectivity index (χ0v) is 13.0. The van der Waals surface area contributed by atoms with E-state index in [0.29, 0.717) is 6.61 Å². The molecule has 1 fully saturated rings. The van der Waals surface area contributed by atoms with Crippen LogP contribution in [0.4, 0.5) is 0 Å². The van der Waals surface area contributed by atoms with E-state index in [-0.39, 0.29) is 6.29 Å². The molecule has 3 rings (SSSR count). The SMILES string of the molecule is CCc1cc2nncn2c(SCCOC2CCCCO2)n1. The quantitative estimate of drug-likeness (QED) is 0.464. The molecule has 3 heterocycles. The van der Waals surface area contributed by atoms with Crippen LogP contribution < -0.4 is 0 Å². The molecule has 0 bridgehead atoms. The Bertz CT molecular complexity index is 583. The lowest BCUT2D eigenvalue weighted by molar-refractivity contribution is -0.158. The van der Waals surface area contributed by atoms with Crippen LogP contribution in [0.2, 0.25) is 0 Å². The highest BCUT2D eigenvalue weighted by Crippen LogP contribution is 2.19. The van der Waals surface area contributed by atoms with Crippen molar-refractivity contribution in [2.45, 2.75) is 44.1 Å². The van der Waals surface area contributed by atoms with Gasteiger partial charge in [0, 0.05) is 24.1 Å². The summed E-state index contributed by atoms with van der Waals surface area (Å²) in [7, 11) is 0. The van der Waals surface area contributed by atoms with E-state index < -0.39 is 0 Å². The van der Waals surface area contributed by atoms with Crippen molar-refractivity contribution in [3.8, 4) is 0 Å². The Morgan fingerprint density at radius 3 is 3.24 bits per heavy atom. The summed E-state index contributed by atoms with van der Waals surface area (Å²) in [4.78, 5) is 4.64. The third-order valence-electron chi connectivity index (χ3n) is 3.43. The molecule has 2 aromatic rings. The fraction of sp³-hybridized carbons (Fsp3) is 0.643. The van der Waals surface area contributed by atoms with Crippen molar-refractivity contribution in [2.24, 2.45) is 0 Å². The Hall–Kier alpha value is -1.18. The van der Waals surface area contributed by atoms with Crippen molar-refractivity contribution in [2.75, 3.05) is 19.0 Å². The highest BCUT2D eigenvalue weighted by atomic mass is 32.2. The summed E-state index contributed by atoms with van der Waals surface area (Å²) < 4.78 is 13.2. The second-order valence-corrected chi connectivity index (χ2v) is 6.02. The largest absolute Gasteiger partial charge is 0.353 e. The van der Waals surface area contributed by atoms with E-state index in [1.807, 2.05) is 10.5 Å². The summed E-state index contributed by atoms with van der Waals surface area (Å²) in [5.74, 6) is 0.841. The molecule has 21 heavy (non-hydrogen) atoms. The molecule has 0 amide bonds. The summed E-state index contributed by atoms with van der Waals surface area (Å²) >= 11 is 1.66. The number of nitrogens with zero attached hydrogens (tertiary/aromatic N) is 4.